The molecule has 2 aromatic carbocycles. The van der Waals surface area contributed by atoms with Crippen LogP contribution in [0.1, 0.15) is 17.5 Å². The van der Waals surface area contributed by atoms with Crippen LogP contribution in [0.3, 0.4) is 0 Å². The molecule has 27 heavy (non-hydrogen) atoms. The topological polar surface area (TPSA) is 101 Å². The summed E-state index contributed by atoms with van der Waals surface area (Å²) in [6.45, 7) is 1.75. The van der Waals surface area contributed by atoms with E-state index in [1.54, 1.807) is 24.3 Å². The van der Waals surface area contributed by atoms with Crippen molar-refractivity contribution in [1.82, 2.24) is 10.6 Å². The number of primary sulfonamides is 1. The summed E-state index contributed by atoms with van der Waals surface area (Å²) in [5.41, 5.74) is 1.96. The molecule has 0 saturated heterocycles. The number of halogens is 1. The molecule has 4 N–H and O–H groups in total. The SMILES string of the molecule is NS(=O)(=O)c1ccc(CCNCCC(=O)NCCc2ccc(F)cc2)cc1. The molecular formula is C19H24FN3O3S. The van der Waals surface area contributed by atoms with Crippen molar-refractivity contribution in [1.29, 1.82) is 0 Å². The number of nitrogens with one attached hydrogen (secondary N) is 2. The number of rotatable bonds is 10. The molecule has 0 atom stereocenters. The lowest BCUT2D eigenvalue weighted by Crippen LogP contribution is -2.29. The molecule has 2 aromatic rings. The maximum atomic E-state index is 12.8. The molecule has 6 nitrogen and oxygen atoms in total. The number of carbonyl (C=O) groups excluding carboxylic acids is 1. The van der Waals surface area contributed by atoms with Gasteiger partial charge in [0, 0.05) is 19.5 Å². The van der Waals surface area contributed by atoms with E-state index >= 15 is 0 Å². The van der Waals surface area contributed by atoms with E-state index in [0.717, 1.165) is 17.5 Å². The third kappa shape index (κ3) is 7.86. The molecule has 0 aliphatic rings. The first-order valence-corrected chi connectivity index (χ1v) is 10.2. The number of hydrogen-bond acceptors (Lipinski definition) is 4. The lowest BCUT2D eigenvalue weighted by molar-refractivity contribution is -0.120. The molecule has 8 heteroatoms. The Kier molecular flexibility index (Phi) is 7.90. The van der Waals surface area contributed by atoms with Gasteiger partial charge in [-0.1, -0.05) is 24.3 Å². The fourth-order valence-corrected chi connectivity index (χ4v) is 3.01. The van der Waals surface area contributed by atoms with Gasteiger partial charge in [0.2, 0.25) is 15.9 Å². The Hall–Kier alpha value is -2.29. The molecule has 146 valence electrons. The molecule has 0 unspecified atom stereocenters. The van der Waals surface area contributed by atoms with Gasteiger partial charge in [-0.2, -0.15) is 0 Å². The van der Waals surface area contributed by atoms with Crippen molar-refractivity contribution in [2.24, 2.45) is 5.14 Å². The van der Waals surface area contributed by atoms with Crippen molar-refractivity contribution >= 4 is 15.9 Å². The van der Waals surface area contributed by atoms with E-state index in [2.05, 4.69) is 10.6 Å². The number of nitrogens with two attached hydrogens (primary N) is 1. The molecule has 2 rings (SSSR count). The van der Waals surface area contributed by atoms with Gasteiger partial charge in [-0.25, -0.2) is 17.9 Å². The Morgan fingerprint density at radius 3 is 2.04 bits per heavy atom. The van der Waals surface area contributed by atoms with Crippen LogP contribution in [-0.4, -0.2) is 34.0 Å². The fourth-order valence-electron chi connectivity index (χ4n) is 2.49. The summed E-state index contributed by atoms with van der Waals surface area (Å²) in [5.74, 6) is -0.309. The molecule has 0 aromatic heterocycles. The Bertz CT molecular complexity index is 838. The van der Waals surface area contributed by atoms with Gasteiger partial charge in [0.15, 0.2) is 0 Å². The van der Waals surface area contributed by atoms with E-state index in [4.69, 9.17) is 5.14 Å². The van der Waals surface area contributed by atoms with Crippen LogP contribution in [0.15, 0.2) is 53.4 Å². The Morgan fingerprint density at radius 1 is 0.889 bits per heavy atom. The van der Waals surface area contributed by atoms with E-state index in [1.165, 1.54) is 24.3 Å². The van der Waals surface area contributed by atoms with Crippen LogP contribution in [0, 0.1) is 5.82 Å². The van der Waals surface area contributed by atoms with Crippen molar-refractivity contribution in [3.63, 3.8) is 0 Å². The van der Waals surface area contributed by atoms with Crippen molar-refractivity contribution in [3.8, 4) is 0 Å². The second-order valence-corrected chi connectivity index (χ2v) is 7.73. The van der Waals surface area contributed by atoms with Gasteiger partial charge < -0.3 is 10.6 Å². The number of amides is 1. The number of benzene rings is 2. The highest BCUT2D eigenvalue weighted by atomic mass is 32.2. The minimum atomic E-state index is -3.66. The van der Waals surface area contributed by atoms with E-state index in [1.807, 2.05) is 0 Å². The second kappa shape index (κ2) is 10.1. The summed E-state index contributed by atoms with van der Waals surface area (Å²) in [4.78, 5) is 11.9. The number of hydrogen-bond donors (Lipinski definition) is 3. The van der Waals surface area contributed by atoms with E-state index in [-0.39, 0.29) is 16.6 Å². The lowest BCUT2D eigenvalue weighted by Gasteiger charge is -2.07. The lowest BCUT2D eigenvalue weighted by atomic mass is 10.1. The van der Waals surface area contributed by atoms with Gasteiger partial charge in [-0.3, -0.25) is 4.79 Å². The van der Waals surface area contributed by atoms with Crippen LogP contribution in [0.5, 0.6) is 0 Å². The summed E-state index contributed by atoms with van der Waals surface area (Å²) in [5, 5.41) is 11.1. The molecular weight excluding hydrogens is 369 g/mol. The van der Waals surface area contributed by atoms with Gasteiger partial charge >= 0.3 is 0 Å². The molecule has 0 spiro atoms. The Balaban J connectivity index is 1.57. The summed E-state index contributed by atoms with van der Waals surface area (Å²) in [6, 6.07) is 12.6. The molecule has 0 aliphatic carbocycles. The van der Waals surface area contributed by atoms with Gasteiger partial charge in [-0.05, 0) is 54.8 Å². The van der Waals surface area contributed by atoms with Crippen LogP contribution >= 0.6 is 0 Å². The van der Waals surface area contributed by atoms with Crippen LogP contribution in [0.2, 0.25) is 0 Å². The third-order valence-electron chi connectivity index (χ3n) is 4.02. The summed E-state index contributed by atoms with van der Waals surface area (Å²) < 4.78 is 35.2. The minimum absolute atomic E-state index is 0.0397. The van der Waals surface area contributed by atoms with Crippen molar-refractivity contribution in [3.05, 3.63) is 65.5 Å². The first kappa shape index (κ1) is 21.0. The van der Waals surface area contributed by atoms with E-state index in [0.29, 0.717) is 32.5 Å². The minimum Gasteiger partial charge on any atom is -0.356 e. The van der Waals surface area contributed by atoms with Gasteiger partial charge in [0.1, 0.15) is 5.82 Å². The maximum Gasteiger partial charge on any atom is 0.238 e. The molecule has 0 heterocycles. The smallest absolute Gasteiger partial charge is 0.238 e. The summed E-state index contributed by atoms with van der Waals surface area (Å²) in [6.07, 6.45) is 1.75. The Labute approximate surface area is 159 Å². The number of sulfonamides is 1. The van der Waals surface area contributed by atoms with Crippen molar-refractivity contribution in [2.75, 3.05) is 19.6 Å². The first-order chi connectivity index (χ1) is 12.8. The van der Waals surface area contributed by atoms with Crippen LogP contribution in [0.4, 0.5) is 4.39 Å². The molecule has 0 fully saturated rings. The quantitative estimate of drug-likeness (QED) is 0.531. The Morgan fingerprint density at radius 2 is 1.44 bits per heavy atom. The normalized spacial score (nSPS) is 11.3. The summed E-state index contributed by atoms with van der Waals surface area (Å²) >= 11 is 0. The average molecular weight is 393 g/mol. The number of carbonyl (C=O) groups is 1. The molecule has 0 aliphatic heterocycles. The van der Waals surface area contributed by atoms with Crippen LogP contribution in [-0.2, 0) is 27.7 Å². The largest absolute Gasteiger partial charge is 0.356 e. The zero-order valence-corrected chi connectivity index (χ0v) is 15.8. The standard InChI is InChI=1S/C19H24FN3O3S/c20-17-5-1-15(2-6-17)10-14-23-19(24)11-13-22-12-9-16-3-7-18(8-4-16)27(21,25)26/h1-8,22H,9-14H2,(H,23,24)(H2,21,25,26). The molecule has 0 saturated carbocycles. The summed E-state index contributed by atoms with van der Waals surface area (Å²) in [7, 11) is -3.66. The molecule has 1 amide bonds. The highest BCUT2D eigenvalue weighted by Crippen LogP contribution is 2.08. The van der Waals surface area contributed by atoms with Gasteiger partial charge in [0.25, 0.3) is 0 Å². The maximum absolute atomic E-state index is 12.8. The van der Waals surface area contributed by atoms with Crippen LogP contribution in [0.25, 0.3) is 0 Å². The predicted octanol–water partition coefficient (Wildman–Crippen LogP) is 1.35. The van der Waals surface area contributed by atoms with E-state index < -0.39 is 10.0 Å². The van der Waals surface area contributed by atoms with E-state index in [9.17, 15) is 17.6 Å². The highest BCUT2D eigenvalue weighted by molar-refractivity contribution is 7.89. The predicted molar refractivity (Wildman–Crippen MR) is 102 cm³/mol. The zero-order chi connectivity index (χ0) is 19.7. The third-order valence-corrected chi connectivity index (χ3v) is 4.95. The highest BCUT2D eigenvalue weighted by Gasteiger charge is 2.06. The van der Waals surface area contributed by atoms with Gasteiger partial charge in [-0.15, -0.1) is 0 Å². The van der Waals surface area contributed by atoms with Crippen molar-refractivity contribution < 1.29 is 17.6 Å². The second-order valence-electron chi connectivity index (χ2n) is 6.17. The molecule has 0 radical (unpaired) electrons. The monoisotopic (exact) mass is 393 g/mol. The van der Waals surface area contributed by atoms with Gasteiger partial charge in [0.05, 0.1) is 4.90 Å². The van der Waals surface area contributed by atoms with Crippen LogP contribution < -0.4 is 15.8 Å². The first-order valence-electron chi connectivity index (χ1n) is 8.68. The molecule has 0 bridgehead atoms. The fraction of sp³-hybridized carbons (Fsp3) is 0.316. The zero-order valence-electron chi connectivity index (χ0n) is 14.9. The average Bonchev–Trinajstić information content (AvgIpc) is 2.63. The van der Waals surface area contributed by atoms with Crippen molar-refractivity contribution in [2.45, 2.75) is 24.2 Å².